The Labute approximate surface area is 383 Å². The van der Waals surface area contributed by atoms with Crippen molar-refractivity contribution in [3.63, 3.8) is 0 Å². The number of para-hydroxylation sites is 3. The van der Waals surface area contributed by atoms with Gasteiger partial charge in [-0.25, -0.2) is 0 Å². The third-order valence-electron chi connectivity index (χ3n) is 13.5. The summed E-state index contributed by atoms with van der Waals surface area (Å²) in [5, 5.41) is 15.1. The first-order chi connectivity index (χ1) is 32.8. The topological polar surface area (TPSA) is 6.48 Å². The number of hydrogen-bond acceptors (Lipinski definition) is 2. The van der Waals surface area contributed by atoms with Gasteiger partial charge in [-0.05, 0) is 148 Å². The van der Waals surface area contributed by atoms with Crippen molar-refractivity contribution in [3.05, 3.63) is 255 Å². The number of nitrogens with zero attached hydrogens (tertiary/aromatic N) is 2. The molecule has 0 aliphatic carbocycles. The van der Waals surface area contributed by atoms with E-state index in [1.54, 1.807) is 0 Å². The van der Waals surface area contributed by atoms with Crippen molar-refractivity contribution >= 4 is 98.8 Å². The Morgan fingerprint density at radius 2 is 0.591 bits per heavy atom. The minimum Gasteiger partial charge on any atom is -0.310 e. The summed E-state index contributed by atoms with van der Waals surface area (Å²) < 4.78 is 0. The van der Waals surface area contributed by atoms with Crippen molar-refractivity contribution in [2.75, 3.05) is 9.80 Å². The largest absolute Gasteiger partial charge is 0.310 e. The van der Waals surface area contributed by atoms with Crippen molar-refractivity contribution in [1.29, 1.82) is 0 Å². The lowest BCUT2D eigenvalue weighted by molar-refractivity contribution is 1.29. The molecule has 0 N–H and O–H groups in total. The van der Waals surface area contributed by atoms with Gasteiger partial charge in [-0.3, -0.25) is 0 Å². The third-order valence-corrected chi connectivity index (χ3v) is 13.5. The fourth-order valence-electron chi connectivity index (χ4n) is 10.7. The van der Waals surface area contributed by atoms with Crippen LogP contribution in [0, 0.1) is 0 Å². The highest BCUT2D eigenvalue weighted by Gasteiger charge is 2.24. The standard InChI is InChI=1S/C64H42N2/c1-6-19-43(20-7-1)62-56-38-36-50(66(48-29-14-5-15-30-48)60-40-39-54-52-32-17-24-45-23-16-31-51(61(45)52)53-33-18-34-57(60)64(53)54)42-59(56)63(44-21-8-2-9-22-44)55-37-35-49(41-58(55)62)65(46-25-10-3-11-26-46)47-27-12-4-13-28-47/h1-42H. The number of rotatable bonds is 8. The molecule has 13 aromatic rings. The Balaban J connectivity index is 1.11. The molecule has 13 rings (SSSR count). The Morgan fingerprint density at radius 1 is 0.212 bits per heavy atom. The van der Waals surface area contributed by atoms with Crippen LogP contribution in [0.15, 0.2) is 255 Å². The number of anilines is 6. The Morgan fingerprint density at radius 3 is 1.09 bits per heavy atom. The van der Waals surface area contributed by atoms with E-state index in [0.717, 1.165) is 34.1 Å². The highest BCUT2D eigenvalue weighted by atomic mass is 15.1. The van der Waals surface area contributed by atoms with Gasteiger partial charge in [-0.15, -0.1) is 0 Å². The van der Waals surface area contributed by atoms with Crippen LogP contribution in [0.25, 0.3) is 86.9 Å². The maximum atomic E-state index is 2.46. The molecule has 0 aliphatic rings. The van der Waals surface area contributed by atoms with Crippen LogP contribution in [-0.2, 0) is 0 Å². The molecule has 0 fully saturated rings. The lowest BCUT2D eigenvalue weighted by Gasteiger charge is -2.29. The Hall–Kier alpha value is -8.72. The second-order valence-corrected chi connectivity index (χ2v) is 17.2. The highest BCUT2D eigenvalue weighted by molar-refractivity contribution is 6.34. The molecule has 0 heterocycles. The number of hydrogen-bond donors (Lipinski definition) is 0. The third kappa shape index (κ3) is 6.04. The maximum Gasteiger partial charge on any atom is 0.0540 e. The quantitative estimate of drug-likeness (QED) is 0.111. The van der Waals surface area contributed by atoms with Crippen molar-refractivity contribution < 1.29 is 0 Å². The zero-order chi connectivity index (χ0) is 43.6. The van der Waals surface area contributed by atoms with Crippen molar-refractivity contribution in [3.8, 4) is 22.3 Å². The van der Waals surface area contributed by atoms with E-state index in [1.807, 2.05) is 0 Å². The highest BCUT2D eigenvalue weighted by Crippen LogP contribution is 2.50. The summed E-state index contributed by atoms with van der Waals surface area (Å²) in [6, 6.07) is 93.3. The molecular formula is C64H42N2. The molecule has 0 atom stereocenters. The van der Waals surface area contributed by atoms with Crippen LogP contribution in [-0.4, -0.2) is 0 Å². The zero-order valence-corrected chi connectivity index (χ0v) is 36.1. The summed E-state index contributed by atoms with van der Waals surface area (Å²) in [5.74, 6) is 0. The summed E-state index contributed by atoms with van der Waals surface area (Å²) in [7, 11) is 0. The fraction of sp³-hybridized carbons (Fsp3) is 0. The van der Waals surface area contributed by atoms with Gasteiger partial charge in [-0.1, -0.05) is 188 Å². The molecule has 13 aromatic carbocycles. The van der Waals surface area contributed by atoms with Crippen LogP contribution in [0.1, 0.15) is 0 Å². The predicted molar refractivity (Wildman–Crippen MR) is 283 cm³/mol. The van der Waals surface area contributed by atoms with Crippen LogP contribution in [0.4, 0.5) is 34.1 Å². The SMILES string of the molecule is c1ccc(-c2c3ccc(N(c4ccccc4)c4ccc5c6cccc7cccc(c8cccc4c85)c76)cc3c(-c3ccccc3)c3ccc(N(c4ccccc4)c4ccccc4)cc23)cc1. The molecule has 0 bridgehead atoms. The summed E-state index contributed by atoms with van der Waals surface area (Å²) >= 11 is 0. The Bertz CT molecular complexity index is 3820. The molecule has 0 aromatic heterocycles. The van der Waals surface area contributed by atoms with Gasteiger partial charge in [0.05, 0.1) is 5.69 Å². The van der Waals surface area contributed by atoms with Crippen molar-refractivity contribution in [2.24, 2.45) is 0 Å². The van der Waals surface area contributed by atoms with Gasteiger partial charge in [0.25, 0.3) is 0 Å². The molecule has 2 nitrogen and oxygen atoms in total. The first kappa shape index (κ1) is 37.8. The smallest absolute Gasteiger partial charge is 0.0540 e. The lowest BCUT2D eigenvalue weighted by Crippen LogP contribution is -2.11. The molecule has 0 saturated carbocycles. The van der Waals surface area contributed by atoms with Gasteiger partial charge in [0.2, 0.25) is 0 Å². The monoisotopic (exact) mass is 838 g/mol. The van der Waals surface area contributed by atoms with Gasteiger partial charge >= 0.3 is 0 Å². The van der Waals surface area contributed by atoms with Crippen LogP contribution in [0.5, 0.6) is 0 Å². The minimum absolute atomic E-state index is 1.10. The van der Waals surface area contributed by atoms with Crippen molar-refractivity contribution in [1.82, 2.24) is 0 Å². The van der Waals surface area contributed by atoms with Gasteiger partial charge in [-0.2, -0.15) is 0 Å². The van der Waals surface area contributed by atoms with E-state index in [-0.39, 0.29) is 0 Å². The first-order valence-electron chi connectivity index (χ1n) is 22.8. The average Bonchev–Trinajstić information content (AvgIpc) is 3.39. The van der Waals surface area contributed by atoms with E-state index in [4.69, 9.17) is 0 Å². The lowest BCUT2D eigenvalue weighted by atomic mass is 9.85. The molecule has 2 heteroatoms. The maximum absolute atomic E-state index is 2.46. The van der Waals surface area contributed by atoms with Crippen LogP contribution < -0.4 is 9.80 Å². The molecule has 0 spiro atoms. The molecule has 0 radical (unpaired) electrons. The number of benzene rings is 13. The average molecular weight is 839 g/mol. The molecule has 308 valence electrons. The first-order valence-corrected chi connectivity index (χ1v) is 22.8. The molecule has 66 heavy (non-hydrogen) atoms. The fourth-order valence-corrected chi connectivity index (χ4v) is 10.7. The van der Waals surface area contributed by atoms with E-state index < -0.39 is 0 Å². The molecule has 0 aliphatic heterocycles. The van der Waals surface area contributed by atoms with E-state index in [2.05, 4.69) is 265 Å². The summed E-state index contributed by atoms with van der Waals surface area (Å²) in [4.78, 5) is 4.83. The molecule has 0 amide bonds. The van der Waals surface area contributed by atoms with E-state index in [9.17, 15) is 0 Å². The van der Waals surface area contributed by atoms with Crippen LogP contribution in [0.3, 0.4) is 0 Å². The van der Waals surface area contributed by atoms with E-state index in [1.165, 1.54) is 86.9 Å². The summed E-state index contributed by atoms with van der Waals surface area (Å²) in [6.07, 6.45) is 0. The van der Waals surface area contributed by atoms with E-state index >= 15 is 0 Å². The normalized spacial score (nSPS) is 11.6. The second kappa shape index (κ2) is 15.5. The van der Waals surface area contributed by atoms with Crippen molar-refractivity contribution in [2.45, 2.75) is 0 Å². The predicted octanol–water partition coefficient (Wildman–Crippen LogP) is 18.3. The van der Waals surface area contributed by atoms with Gasteiger partial charge < -0.3 is 9.80 Å². The van der Waals surface area contributed by atoms with Crippen LogP contribution in [0.2, 0.25) is 0 Å². The summed E-state index contributed by atoms with van der Waals surface area (Å²) in [5.41, 5.74) is 11.5. The molecule has 0 saturated heterocycles. The second-order valence-electron chi connectivity index (χ2n) is 17.2. The Kier molecular flexibility index (Phi) is 8.89. The minimum atomic E-state index is 1.10. The molecular weight excluding hydrogens is 797 g/mol. The number of fused-ring (bicyclic) bond motifs is 4. The van der Waals surface area contributed by atoms with Gasteiger partial charge in [0.15, 0.2) is 0 Å². The van der Waals surface area contributed by atoms with Gasteiger partial charge in [0.1, 0.15) is 0 Å². The molecule has 0 unspecified atom stereocenters. The summed E-state index contributed by atoms with van der Waals surface area (Å²) in [6.45, 7) is 0. The van der Waals surface area contributed by atoms with E-state index in [0.29, 0.717) is 0 Å². The van der Waals surface area contributed by atoms with Gasteiger partial charge in [0, 0.05) is 33.8 Å². The zero-order valence-electron chi connectivity index (χ0n) is 36.1. The van der Waals surface area contributed by atoms with Crippen LogP contribution >= 0.6 is 0 Å².